The molecule has 0 saturated carbocycles. The Morgan fingerprint density at radius 2 is 1.85 bits per heavy atom. The Hall–Kier alpha value is -2.28. The molecule has 0 bridgehead atoms. The molecule has 2 rings (SSSR count). The second-order valence-electron chi connectivity index (χ2n) is 4.02. The van der Waals surface area contributed by atoms with Gasteiger partial charge >= 0.3 is 0 Å². The van der Waals surface area contributed by atoms with E-state index in [1.165, 1.54) is 25.6 Å². The van der Waals surface area contributed by atoms with Crippen LogP contribution in [0.25, 0.3) is 0 Å². The third-order valence-corrected chi connectivity index (χ3v) is 3.57. The van der Waals surface area contributed by atoms with Crippen molar-refractivity contribution in [2.24, 2.45) is 0 Å². The normalized spacial score (nSPS) is 10.2. The SMILES string of the molecule is COc1cc(OC)cc(C(=O)Nc2nc(C)c(N)s2)c1. The fourth-order valence-corrected chi connectivity index (χ4v) is 2.30. The molecule has 0 saturated heterocycles. The number of anilines is 2. The van der Waals surface area contributed by atoms with E-state index in [4.69, 9.17) is 15.2 Å². The second kappa shape index (κ2) is 5.79. The van der Waals surface area contributed by atoms with Crippen LogP contribution in [0.3, 0.4) is 0 Å². The quantitative estimate of drug-likeness (QED) is 0.903. The Kier molecular flexibility index (Phi) is 4.09. The summed E-state index contributed by atoms with van der Waals surface area (Å²) in [6.45, 7) is 1.79. The predicted octanol–water partition coefficient (Wildman–Crippen LogP) is 2.30. The van der Waals surface area contributed by atoms with Crippen molar-refractivity contribution in [3.05, 3.63) is 29.5 Å². The van der Waals surface area contributed by atoms with E-state index in [1.807, 2.05) is 0 Å². The Labute approximate surface area is 120 Å². The van der Waals surface area contributed by atoms with Gasteiger partial charge in [0.2, 0.25) is 0 Å². The van der Waals surface area contributed by atoms with Crippen LogP contribution in [-0.2, 0) is 0 Å². The van der Waals surface area contributed by atoms with Gasteiger partial charge in [-0.05, 0) is 19.1 Å². The average molecular weight is 293 g/mol. The molecule has 1 aromatic heterocycles. The van der Waals surface area contributed by atoms with E-state index in [2.05, 4.69) is 10.3 Å². The van der Waals surface area contributed by atoms with Gasteiger partial charge in [0.05, 0.1) is 19.9 Å². The lowest BCUT2D eigenvalue weighted by Crippen LogP contribution is -2.12. The molecule has 0 aliphatic heterocycles. The van der Waals surface area contributed by atoms with Gasteiger partial charge in [-0.15, -0.1) is 0 Å². The number of thiazole rings is 1. The third kappa shape index (κ3) is 3.00. The first-order valence-corrected chi connectivity index (χ1v) is 6.62. The lowest BCUT2D eigenvalue weighted by atomic mass is 10.2. The summed E-state index contributed by atoms with van der Waals surface area (Å²) in [6.07, 6.45) is 0. The number of rotatable bonds is 4. The van der Waals surface area contributed by atoms with Crippen LogP contribution in [0.5, 0.6) is 11.5 Å². The number of amides is 1. The van der Waals surface area contributed by atoms with E-state index < -0.39 is 0 Å². The van der Waals surface area contributed by atoms with Crippen molar-refractivity contribution in [2.75, 3.05) is 25.3 Å². The zero-order valence-corrected chi connectivity index (χ0v) is 12.2. The van der Waals surface area contributed by atoms with Crippen molar-refractivity contribution in [3.63, 3.8) is 0 Å². The van der Waals surface area contributed by atoms with Crippen LogP contribution in [0, 0.1) is 6.92 Å². The first-order chi connectivity index (χ1) is 9.53. The third-order valence-electron chi connectivity index (χ3n) is 2.67. The molecule has 0 spiro atoms. The maximum Gasteiger partial charge on any atom is 0.257 e. The highest BCUT2D eigenvalue weighted by molar-refractivity contribution is 7.19. The summed E-state index contributed by atoms with van der Waals surface area (Å²) in [5, 5.41) is 3.75. The largest absolute Gasteiger partial charge is 0.497 e. The number of carbonyl (C=O) groups excluding carboxylic acids is 1. The molecule has 0 aliphatic carbocycles. The number of nitrogens with two attached hydrogens (primary N) is 1. The van der Waals surface area contributed by atoms with Crippen molar-refractivity contribution < 1.29 is 14.3 Å². The van der Waals surface area contributed by atoms with E-state index in [1.54, 1.807) is 25.1 Å². The molecule has 1 amide bonds. The molecule has 0 aliphatic rings. The van der Waals surface area contributed by atoms with Gasteiger partial charge in [-0.3, -0.25) is 10.1 Å². The number of carbonyl (C=O) groups is 1. The second-order valence-corrected chi connectivity index (χ2v) is 5.05. The minimum atomic E-state index is -0.295. The summed E-state index contributed by atoms with van der Waals surface area (Å²) in [5.41, 5.74) is 6.84. The van der Waals surface area contributed by atoms with E-state index in [-0.39, 0.29) is 5.91 Å². The smallest absolute Gasteiger partial charge is 0.257 e. The Bertz CT molecular complexity index is 598. The van der Waals surface area contributed by atoms with Gasteiger partial charge in [-0.25, -0.2) is 4.98 Å². The molecule has 3 N–H and O–H groups in total. The topological polar surface area (TPSA) is 86.5 Å². The van der Waals surface area contributed by atoms with Crippen LogP contribution in [0.15, 0.2) is 18.2 Å². The summed E-state index contributed by atoms with van der Waals surface area (Å²) in [4.78, 5) is 16.3. The van der Waals surface area contributed by atoms with Gasteiger partial charge in [-0.1, -0.05) is 11.3 Å². The number of nitrogens with one attached hydrogen (secondary N) is 1. The summed E-state index contributed by atoms with van der Waals surface area (Å²) in [5.74, 6) is 0.796. The zero-order chi connectivity index (χ0) is 14.7. The summed E-state index contributed by atoms with van der Waals surface area (Å²) in [6, 6.07) is 4.95. The minimum Gasteiger partial charge on any atom is -0.497 e. The number of ether oxygens (including phenoxy) is 2. The van der Waals surface area contributed by atoms with Crippen molar-refractivity contribution >= 4 is 27.4 Å². The fraction of sp³-hybridized carbons (Fsp3) is 0.231. The van der Waals surface area contributed by atoms with E-state index in [0.717, 1.165) is 0 Å². The van der Waals surface area contributed by atoms with Crippen molar-refractivity contribution in [3.8, 4) is 11.5 Å². The van der Waals surface area contributed by atoms with E-state index in [9.17, 15) is 4.79 Å². The lowest BCUT2D eigenvalue weighted by Gasteiger charge is -2.07. The first kappa shape index (κ1) is 14.1. The van der Waals surface area contributed by atoms with Crippen molar-refractivity contribution in [1.82, 2.24) is 4.98 Å². The van der Waals surface area contributed by atoms with Crippen LogP contribution < -0.4 is 20.5 Å². The first-order valence-electron chi connectivity index (χ1n) is 5.81. The zero-order valence-electron chi connectivity index (χ0n) is 11.4. The number of nitrogen functional groups attached to an aromatic ring is 1. The fourth-order valence-electron chi connectivity index (χ4n) is 1.57. The van der Waals surface area contributed by atoms with E-state index in [0.29, 0.717) is 32.9 Å². The molecule has 106 valence electrons. The highest BCUT2D eigenvalue weighted by atomic mass is 32.1. The molecule has 20 heavy (non-hydrogen) atoms. The minimum absolute atomic E-state index is 0.295. The van der Waals surface area contributed by atoms with Crippen LogP contribution >= 0.6 is 11.3 Å². The molecule has 7 heteroatoms. The Balaban J connectivity index is 2.24. The molecule has 0 radical (unpaired) electrons. The van der Waals surface area contributed by atoms with Crippen molar-refractivity contribution in [2.45, 2.75) is 6.92 Å². The van der Waals surface area contributed by atoms with E-state index >= 15 is 0 Å². The van der Waals surface area contributed by atoms with Crippen LogP contribution in [-0.4, -0.2) is 25.1 Å². The van der Waals surface area contributed by atoms with Crippen LogP contribution in [0.4, 0.5) is 10.1 Å². The van der Waals surface area contributed by atoms with Gasteiger partial charge in [0.25, 0.3) is 5.91 Å². The number of aryl methyl sites for hydroxylation is 1. The summed E-state index contributed by atoms with van der Waals surface area (Å²) >= 11 is 1.23. The molecule has 1 heterocycles. The number of methoxy groups -OCH3 is 2. The highest BCUT2D eigenvalue weighted by Gasteiger charge is 2.13. The number of aromatic nitrogens is 1. The van der Waals surface area contributed by atoms with Gasteiger partial charge < -0.3 is 15.2 Å². The Morgan fingerprint density at radius 1 is 1.25 bits per heavy atom. The molecule has 2 aromatic rings. The number of hydrogen-bond donors (Lipinski definition) is 2. The molecule has 6 nitrogen and oxygen atoms in total. The number of nitrogens with zero attached hydrogens (tertiary/aromatic N) is 1. The summed E-state index contributed by atoms with van der Waals surface area (Å²) < 4.78 is 10.3. The predicted molar refractivity (Wildman–Crippen MR) is 78.8 cm³/mol. The van der Waals surface area contributed by atoms with Gasteiger partial charge in [0, 0.05) is 11.6 Å². The molecule has 0 unspecified atom stereocenters. The van der Waals surface area contributed by atoms with Crippen LogP contribution in [0.1, 0.15) is 16.1 Å². The van der Waals surface area contributed by atoms with Gasteiger partial charge in [0.15, 0.2) is 5.13 Å². The maximum absolute atomic E-state index is 12.2. The van der Waals surface area contributed by atoms with Gasteiger partial charge in [0.1, 0.15) is 16.5 Å². The van der Waals surface area contributed by atoms with Gasteiger partial charge in [-0.2, -0.15) is 0 Å². The molecular formula is C13H15N3O3S. The molecular weight excluding hydrogens is 278 g/mol. The lowest BCUT2D eigenvalue weighted by molar-refractivity contribution is 0.102. The molecule has 0 fully saturated rings. The monoisotopic (exact) mass is 293 g/mol. The maximum atomic E-state index is 12.2. The van der Waals surface area contributed by atoms with Crippen molar-refractivity contribution in [1.29, 1.82) is 0 Å². The Morgan fingerprint density at radius 3 is 2.30 bits per heavy atom. The molecule has 1 aromatic carbocycles. The standard InChI is InChI=1S/C13H15N3O3S/c1-7-11(14)20-13(15-7)16-12(17)8-4-9(18-2)6-10(5-8)19-3/h4-6H,14H2,1-3H3,(H,15,16,17). The molecule has 0 atom stereocenters. The number of hydrogen-bond acceptors (Lipinski definition) is 6. The number of benzene rings is 1. The highest BCUT2D eigenvalue weighted by Crippen LogP contribution is 2.26. The van der Waals surface area contributed by atoms with Crippen LogP contribution in [0.2, 0.25) is 0 Å². The summed E-state index contributed by atoms with van der Waals surface area (Å²) in [7, 11) is 3.06. The average Bonchev–Trinajstić information content (AvgIpc) is 2.76.